The molecule has 0 radical (unpaired) electrons. The molecule has 0 spiro atoms. The molecule has 8 nitrogen and oxygen atoms in total. The molecule has 1 unspecified atom stereocenters. The number of carbonyl (C=O) groups excluding carboxylic acids is 2. The van der Waals surface area contributed by atoms with Crippen molar-refractivity contribution in [3.8, 4) is 11.5 Å². The minimum atomic E-state index is -0.738. The van der Waals surface area contributed by atoms with Gasteiger partial charge in [0.2, 0.25) is 0 Å². The van der Waals surface area contributed by atoms with E-state index in [0.717, 1.165) is 32.9 Å². The van der Waals surface area contributed by atoms with Crippen molar-refractivity contribution in [3.63, 3.8) is 0 Å². The Morgan fingerprint density at radius 2 is 1.86 bits per heavy atom. The highest BCUT2D eigenvalue weighted by molar-refractivity contribution is 6.11. The van der Waals surface area contributed by atoms with Crippen molar-refractivity contribution in [1.29, 1.82) is 0 Å². The minimum absolute atomic E-state index is 0.139. The number of nitrogens with zero attached hydrogens (tertiary/aromatic N) is 2. The number of carbonyl (C=O) groups is 2. The molecule has 0 aliphatic carbocycles. The number of aromatic nitrogens is 2. The molecule has 3 heterocycles. The molecule has 1 aliphatic rings. The van der Waals surface area contributed by atoms with E-state index in [1.807, 2.05) is 30.3 Å². The van der Waals surface area contributed by atoms with Crippen LogP contribution in [0.3, 0.4) is 0 Å². The molecular weight excluding hydrogens is 460 g/mol. The average molecular weight is 487 g/mol. The first kappa shape index (κ1) is 23.4. The van der Waals surface area contributed by atoms with Gasteiger partial charge in [0.1, 0.15) is 17.2 Å². The lowest BCUT2D eigenvalue weighted by molar-refractivity contribution is -0.138. The summed E-state index contributed by atoms with van der Waals surface area (Å²) in [7, 11) is 4.47. The summed E-state index contributed by atoms with van der Waals surface area (Å²) in [6, 6.07) is 13.4. The van der Waals surface area contributed by atoms with E-state index in [4.69, 9.17) is 23.9 Å². The highest BCUT2D eigenvalue weighted by Gasteiger charge is 2.36. The fraction of sp³-hybridized carbons (Fsp3) is 0.250. The Kier molecular flexibility index (Phi) is 5.88. The van der Waals surface area contributed by atoms with E-state index in [2.05, 4.69) is 11.1 Å². The van der Waals surface area contributed by atoms with Crippen molar-refractivity contribution in [3.05, 3.63) is 77.1 Å². The molecule has 0 saturated carbocycles. The number of pyridine rings is 1. The van der Waals surface area contributed by atoms with Gasteiger partial charge in [-0.25, -0.2) is 14.6 Å². The lowest BCUT2D eigenvalue weighted by Crippen LogP contribution is -2.19. The number of fused-ring (bicyclic) bond motifs is 4. The van der Waals surface area contributed by atoms with E-state index < -0.39 is 17.9 Å². The van der Waals surface area contributed by atoms with Gasteiger partial charge in [-0.2, -0.15) is 0 Å². The Morgan fingerprint density at radius 1 is 1.08 bits per heavy atom. The molecule has 8 heteroatoms. The molecule has 0 fully saturated rings. The van der Waals surface area contributed by atoms with Crippen LogP contribution in [0.4, 0.5) is 0 Å². The minimum Gasteiger partial charge on any atom is -0.497 e. The second-order valence-corrected chi connectivity index (χ2v) is 8.46. The molecule has 0 bridgehead atoms. The first-order valence-corrected chi connectivity index (χ1v) is 11.5. The van der Waals surface area contributed by atoms with Gasteiger partial charge in [-0.1, -0.05) is 24.8 Å². The van der Waals surface area contributed by atoms with Gasteiger partial charge in [0, 0.05) is 40.0 Å². The van der Waals surface area contributed by atoms with E-state index in [0.29, 0.717) is 23.7 Å². The second kappa shape index (κ2) is 9.03. The van der Waals surface area contributed by atoms with Crippen molar-refractivity contribution in [2.45, 2.75) is 19.4 Å². The zero-order chi connectivity index (χ0) is 25.6. The van der Waals surface area contributed by atoms with Gasteiger partial charge in [-0.15, -0.1) is 0 Å². The number of hydrogen-bond donors (Lipinski definition) is 0. The van der Waals surface area contributed by atoms with Gasteiger partial charge in [-0.05, 0) is 30.7 Å². The van der Waals surface area contributed by atoms with Crippen molar-refractivity contribution >= 4 is 33.7 Å². The summed E-state index contributed by atoms with van der Waals surface area (Å²) in [5.74, 6) is -0.718. The third kappa shape index (κ3) is 3.48. The molecule has 1 aliphatic heterocycles. The maximum atomic E-state index is 13.1. The van der Waals surface area contributed by atoms with Gasteiger partial charge in [0.25, 0.3) is 0 Å². The van der Waals surface area contributed by atoms with Crippen LogP contribution in [0.1, 0.15) is 40.2 Å². The summed E-state index contributed by atoms with van der Waals surface area (Å²) in [6.07, 6.45) is 0. The molecular formula is C28H26N2O6. The average Bonchev–Trinajstić information content (AvgIpc) is 3.13. The van der Waals surface area contributed by atoms with Crippen molar-refractivity contribution in [2.75, 3.05) is 27.9 Å². The van der Waals surface area contributed by atoms with Crippen LogP contribution in [0.5, 0.6) is 11.5 Å². The van der Waals surface area contributed by atoms with Gasteiger partial charge in [0.05, 0.1) is 45.1 Å². The molecule has 2 aromatic carbocycles. The molecule has 5 rings (SSSR count). The topological polar surface area (TPSA) is 88.9 Å². The van der Waals surface area contributed by atoms with Gasteiger partial charge >= 0.3 is 11.9 Å². The number of rotatable bonds is 6. The maximum absolute atomic E-state index is 13.1. The quantitative estimate of drug-likeness (QED) is 0.291. The van der Waals surface area contributed by atoms with Crippen LogP contribution >= 0.6 is 0 Å². The lowest BCUT2D eigenvalue weighted by Gasteiger charge is -2.23. The third-order valence-electron chi connectivity index (χ3n) is 6.60. The van der Waals surface area contributed by atoms with E-state index in [1.54, 1.807) is 33.3 Å². The summed E-state index contributed by atoms with van der Waals surface area (Å²) in [5.41, 5.74) is 4.20. The molecule has 0 saturated heterocycles. The number of ether oxygens (including phenoxy) is 4. The summed E-state index contributed by atoms with van der Waals surface area (Å²) in [4.78, 5) is 30.5. The van der Waals surface area contributed by atoms with Crippen LogP contribution in [0.25, 0.3) is 21.8 Å². The zero-order valence-corrected chi connectivity index (χ0v) is 20.6. The summed E-state index contributed by atoms with van der Waals surface area (Å²) < 4.78 is 23.8. The number of hydrogen-bond acceptors (Lipinski definition) is 7. The van der Waals surface area contributed by atoms with Crippen LogP contribution < -0.4 is 9.47 Å². The highest BCUT2D eigenvalue weighted by Crippen LogP contribution is 2.47. The predicted octanol–water partition coefficient (Wildman–Crippen LogP) is 4.61. The predicted molar refractivity (Wildman–Crippen MR) is 135 cm³/mol. The van der Waals surface area contributed by atoms with Crippen LogP contribution in [0.15, 0.2) is 54.6 Å². The molecule has 2 aromatic heterocycles. The zero-order valence-electron chi connectivity index (χ0n) is 20.6. The Labute approximate surface area is 208 Å². The smallest absolute Gasteiger partial charge is 0.356 e. The van der Waals surface area contributed by atoms with Crippen molar-refractivity contribution in [1.82, 2.24) is 9.55 Å². The van der Waals surface area contributed by atoms with Crippen LogP contribution in [-0.2, 0) is 20.8 Å². The molecule has 1 atom stereocenters. The van der Waals surface area contributed by atoms with Crippen LogP contribution in [-0.4, -0.2) is 49.4 Å². The first-order chi connectivity index (χ1) is 17.4. The standard InChI is InChI=1S/C28H26N2O6/c1-6-36-27(31)15(2)23-24-16(11-17(33-3)12-22(24)34-4)14-30-21-10-8-7-9-18(21)19-13-20(28(32)35-5)29-25(23)26(19)30/h7-13,23H,2,6,14H2,1,3-5H3. The number of methoxy groups -OCH3 is 3. The van der Waals surface area contributed by atoms with Gasteiger partial charge in [0.15, 0.2) is 0 Å². The van der Waals surface area contributed by atoms with Gasteiger partial charge in [-0.3, -0.25) is 0 Å². The molecule has 184 valence electrons. The third-order valence-corrected chi connectivity index (χ3v) is 6.60. The molecule has 36 heavy (non-hydrogen) atoms. The SMILES string of the molecule is C=C(C(=O)OCC)C1c2c(cc(OC)cc2OC)Cn2c3ccccc3c3cc(C(=O)OC)nc1c32. The number of para-hydroxylation sites is 1. The van der Waals surface area contributed by atoms with E-state index in [9.17, 15) is 9.59 Å². The van der Waals surface area contributed by atoms with Crippen molar-refractivity contribution in [2.24, 2.45) is 0 Å². The molecule has 0 amide bonds. The fourth-order valence-corrected chi connectivity index (χ4v) is 5.07. The highest BCUT2D eigenvalue weighted by atomic mass is 16.5. The van der Waals surface area contributed by atoms with Gasteiger partial charge < -0.3 is 23.5 Å². The normalized spacial score (nSPS) is 14.2. The van der Waals surface area contributed by atoms with E-state index in [1.165, 1.54) is 7.11 Å². The Morgan fingerprint density at radius 3 is 2.56 bits per heavy atom. The first-order valence-electron chi connectivity index (χ1n) is 11.5. The van der Waals surface area contributed by atoms with Crippen LogP contribution in [0.2, 0.25) is 0 Å². The van der Waals surface area contributed by atoms with E-state index in [-0.39, 0.29) is 17.9 Å². The largest absolute Gasteiger partial charge is 0.497 e. The Hall–Kier alpha value is -4.33. The molecule has 0 N–H and O–H groups in total. The second-order valence-electron chi connectivity index (χ2n) is 8.46. The summed E-state index contributed by atoms with van der Waals surface area (Å²) >= 11 is 0. The van der Waals surface area contributed by atoms with Crippen LogP contribution in [0, 0.1) is 0 Å². The maximum Gasteiger partial charge on any atom is 0.356 e. The summed E-state index contributed by atoms with van der Waals surface area (Å²) in [6.45, 7) is 6.54. The molecule has 4 aromatic rings. The lowest BCUT2D eigenvalue weighted by atomic mass is 9.84. The Bertz CT molecular complexity index is 1550. The Balaban J connectivity index is 1.96. The van der Waals surface area contributed by atoms with E-state index >= 15 is 0 Å². The monoisotopic (exact) mass is 486 g/mol. The number of esters is 2. The summed E-state index contributed by atoms with van der Waals surface area (Å²) in [5, 5.41) is 1.79. The number of benzene rings is 2. The van der Waals surface area contributed by atoms with Crippen molar-refractivity contribution < 1.29 is 28.5 Å². The fourth-order valence-electron chi connectivity index (χ4n) is 5.07.